The van der Waals surface area contributed by atoms with Gasteiger partial charge >= 0.3 is 0 Å². The summed E-state index contributed by atoms with van der Waals surface area (Å²) in [5, 5.41) is 0. The van der Waals surface area contributed by atoms with Crippen molar-refractivity contribution in [3.63, 3.8) is 0 Å². The van der Waals surface area contributed by atoms with Crippen molar-refractivity contribution in [3.05, 3.63) is 46.9 Å². The third-order valence-electron chi connectivity index (χ3n) is 1.70. The van der Waals surface area contributed by atoms with Gasteiger partial charge in [0.25, 0.3) is 0 Å². The Labute approximate surface area is 85.1 Å². The van der Waals surface area contributed by atoms with Gasteiger partial charge in [0.1, 0.15) is 0 Å². The van der Waals surface area contributed by atoms with Crippen LogP contribution >= 0.6 is 11.8 Å². The molecule has 0 aromatic carbocycles. The van der Waals surface area contributed by atoms with E-state index >= 15 is 0 Å². The summed E-state index contributed by atoms with van der Waals surface area (Å²) < 4.78 is 0. The van der Waals surface area contributed by atoms with Crippen molar-refractivity contribution < 1.29 is 0 Å². The molecule has 0 unspecified atom stereocenters. The first-order valence-electron chi connectivity index (χ1n) is 4.58. The lowest BCUT2D eigenvalue weighted by Gasteiger charge is -1.97. The maximum atomic E-state index is 2.27. The van der Waals surface area contributed by atoms with Gasteiger partial charge in [0.15, 0.2) is 0 Å². The lowest BCUT2D eigenvalue weighted by molar-refractivity contribution is 1.37. The SMILES string of the molecule is CC(C)=CCSC1=CCC=CC=C1. The minimum absolute atomic E-state index is 1.06. The summed E-state index contributed by atoms with van der Waals surface area (Å²) in [6, 6.07) is 0. The number of rotatable bonds is 3. The average Bonchev–Trinajstić information content (AvgIpc) is 2.32. The molecule has 0 saturated heterocycles. The molecule has 1 aliphatic rings. The maximum absolute atomic E-state index is 2.27. The lowest BCUT2D eigenvalue weighted by atomic mass is 10.3. The van der Waals surface area contributed by atoms with E-state index in [9.17, 15) is 0 Å². The molecule has 1 heteroatoms. The highest BCUT2D eigenvalue weighted by molar-refractivity contribution is 8.03. The minimum Gasteiger partial charge on any atom is -0.122 e. The highest BCUT2D eigenvalue weighted by Gasteiger charge is 1.92. The smallest absolute Gasteiger partial charge is 0.0163 e. The Morgan fingerprint density at radius 3 is 3.08 bits per heavy atom. The second-order valence-corrected chi connectivity index (χ2v) is 4.32. The van der Waals surface area contributed by atoms with Gasteiger partial charge in [0.05, 0.1) is 0 Å². The molecule has 0 aliphatic heterocycles. The molecule has 0 fully saturated rings. The monoisotopic (exact) mass is 192 g/mol. The first kappa shape index (κ1) is 10.4. The molecule has 0 aromatic heterocycles. The van der Waals surface area contributed by atoms with Crippen molar-refractivity contribution in [3.8, 4) is 0 Å². The van der Waals surface area contributed by atoms with E-state index in [1.807, 2.05) is 11.8 Å². The number of hydrogen-bond donors (Lipinski definition) is 0. The summed E-state index contributed by atoms with van der Waals surface area (Å²) >= 11 is 1.90. The van der Waals surface area contributed by atoms with Crippen molar-refractivity contribution in [2.24, 2.45) is 0 Å². The Bertz CT molecular complexity index is 263. The summed E-state index contributed by atoms with van der Waals surface area (Å²) in [5.74, 6) is 1.08. The van der Waals surface area contributed by atoms with Crippen LogP contribution in [0.15, 0.2) is 46.9 Å². The molecule has 70 valence electrons. The molecular formula is C12H16S. The number of hydrogen-bond acceptors (Lipinski definition) is 1. The van der Waals surface area contributed by atoms with Crippen LogP contribution in [0, 0.1) is 0 Å². The summed E-state index contributed by atoms with van der Waals surface area (Å²) in [6.07, 6.45) is 14.1. The molecule has 0 aromatic rings. The van der Waals surface area contributed by atoms with Gasteiger partial charge in [-0.25, -0.2) is 0 Å². The Kier molecular flexibility index (Phi) is 4.69. The molecule has 13 heavy (non-hydrogen) atoms. The lowest BCUT2D eigenvalue weighted by Crippen LogP contribution is -1.75. The van der Waals surface area contributed by atoms with Crippen molar-refractivity contribution in [1.29, 1.82) is 0 Å². The first-order chi connectivity index (χ1) is 6.29. The Morgan fingerprint density at radius 2 is 2.31 bits per heavy atom. The van der Waals surface area contributed by atoms with E-state index in [-0.39, 0.29) is 0 Å². The normalized spacial score (nSPS) is 15.1. The molecular weight excluding hydrogens is 176 g/mol. The highest BCUT2D eigenvalue weighted by atomic mass is 32.2. The topological polar surface area (TPSA) is 0 Å². The van der Waals surface area contributed by atoms with E-state index in [4.69, 9.17) is 0 Å². The van der Waals surface area contributed by atoms with Gasteiger partial charge in [-0.15, -0.1) is 11.8 Å². The molecule has 0 N–H and O–H groups in total. The quantitative estimate of drug-likeness (QED) is 0.607. The van der Waals surface area contributed by atoms with Gasteiger partial charge in [-0.2, -0.15) is 0 Å². The summed E-state index contributed by atoms with van der Waals surface area (Å²) in [7, 11) is 0. The van der Waals surface area contributed by atoms with E-state index in [0.717, 1.165) is 12.2 Å². The zero-order chi connectivity index (χ0) is 9.52. The zero-order valence-electron chi connectivity index (χ0n) is 8.29. The van der Waals surface area contributed by atoms with Crippen molar-refractivity contribution in [1.82, 2.24) is 0 Å². The Balaban J connectivity index is 2.37. The average molecular weight is 192 g/mol. The number of allylic oxidation sites excluding steroid dienone is 6. The zero-order valence-corrected chi connectivity index (χ0v) is 9.10. The molecule has 1 rings (SSSR count). The first-order valence-corrected chi connectivity index (χ1v) is 5.57. The van der Waals surface area contributed by atoms with E-state index in [1.54, 1.807) is 0 Å². The summed E-state index contributed by atoms with van der Waals surface area (Å²) in [4.78, 5) is 1.38. The molecule has 0 spiro atoms. The predicted molar refractivity (Wildman–Crippen MR) is 62.9 cm³/mol. The molecule has 0 heterocycles. The van der Waals surface area contributed by atoms with Gasteiger partial charge in [-0.3, -0.25) is 0 Å². The number of thioether (sulfide) groups is 1. The van der Waals surface area contributed by atoms with Gasteiger partial charge in [-0.1, -0.05) is 36.0 Å². The molecule has 0 radical (unpaired) electrons. The molecule has 0 nitrogen and oxygen atoms in total. The van der Waals surface area contributed by atoms with Crippen molar-refractivity contribution in [2.75, 3.05) is 5.75 Å². The van der Waals surface area contributed by atoms with Crippen LogP contribution in [0.3, 0.4) is 0 Å². The fourth-order valence-electron chi connectivity index (χ4n) is 0.971. The van der Waals surface area contributed by atoms with E-state index in [1.165, 1.54) is 10.5 Å². The molecule has 0 bridgehead atoms. The third kappa shape index (κ3) is 4.79. The molecule has 0 amide bonds. The second kappa shape index (κ2) is 5.87. The van der Waals surface area contributed by atoms with E-state index < -0.39 is 0 Å². The van der Waals surface area contributed by atoms with Crippen LogP contribution in [0.4, 0.5) is 0 Å². The minimum atomic E-state index is 1.06. The highest BCUT2D eigenvalue weighted by Crippen LogP contribution is 2.20. The second-order valence-electron chi connectivity index (χ2n) is 3.22. The summed E-state index contributed by atoms with van der Waals surface area (Å²) in [6.45, 7) is 4.28. The standard InChI is InChI=1S/C12H16S/c1-11(2)9-10-13-12-7-5-3-4-6-8-12/h3-5,7-9H,6,10H2,1-2H3. The van der Waals surface area contributed by atoms with Crippen molar-refractivity contribution in [2.45, 2.75) is 20.3 Å². The molecule has 0 atom stereocenters. The third-order valence-corrected chi connectivity index (χ3v) is 2.67. The van der Waals surface area contributed by atoms with Crippen LogP contribution in [0.1, 0.15) is 20.3 Å². The largest absolute Gasteiger partial charge is 0.122 e. The van der Waals surface area contributed by atoms with Crippen LogP contribution in [-0.4, -0.2) is 5.75 Å². The van der Waals surface area contributed by atoms with Gasteiger partial charge in [-0.05, 0) is 26.3 Å². The fourth-order valence-corrected chi connectivity index (χ4v) is 1.97. The van der Waals surface area contributed by atoms with Crippen LogP contribution in [-0.2, 0) is 0 Å². The maximum Gasteiger partial charge on any atom is 0.0163 e. The van der Waals surface area contributed by atoms with Gasteiger partial charge < -0.3 is 0 Å². The molecule has 0 saturated carbocycles. The molecule has 1 aliphatic carbocycles. The Morgan fingerprint density at radius 1 is 1.46 bits per heavy atom. The van der Waals surface area contributed by atoms with E-state index in [2.05, 4.69) is 50.3 Å². The van der Waals surface area contributed by atoms with Crippen LogP contribution in [0.25, 0.3) is 0 Å². The summed E-state index contributed by atoms with van der Waals surface area (Å²) in [5.41, 5.74) is 1.39. The van der Waals surface area contributed by atoms with E-state index in [0.29, 0.717) is 0 Å². The fraction of sp³-hybridized carbons (Fsp3) is 0.333. The Hall–Kier alpha value is -0.690. The van der Waals surface area contributed by atoms with Crippen LogP contribution in [0.5, 0.6) is 0 Å². The van der Waals surface area contributed by atoms with Gasteiger partial charge in [0, 0.05) is 10.7 Å². The predicted octanol–water partition coefficient (Wildman–Crippen LogP) is 4.09. The van der Waals surface area contributed by atoms with Crippen molar-refractivity contribution >= 4 is 11.8 Å². The van der Waals surface area contributed by atoms with Gasteiger partial charge in [0.2, 0.25) is 0 Å². The van der Waals surface area contributed by atoms with Crippen LogP contribution < -0.4 is 0 Å². The van der Waals surface area contributed by atoms with Crippen LogP contribution in [0.2, 0.25) is 0 Å².